The van der Waals surface area contributed by atoms with E-state index in [4.69, 9.17) is 9.15 Å². The molecular formula is C21H16N2O4S. The second kappa shape index (κ2) is 6.10. The molecule has 1 aromatic heterocycles. The van der Waals surface area contributed by atoms with Crippen molar-refractivity contribution in [2.75, 3.05) is 11.4 Å². The summed E-state index contributed by atoms with van der Waals surface area (Å²) >= 11 is 0. The molecular weight excluding hydrogens is 376 g/mol. The summed E-state index contributed by atoms with van der Waals surface area (Å²) in [6.07, 6.45) is 1.50. The number of oxazole rings is 1. The number of rotatable bonds is 4. The molecule has 5 rings (SSSR count). The lowest BCUT2D eigenvalue weighted by Gasteiger charge is -2.17. The highest BCUT2D eigenvalue weighted by Gasteiger charge is 2.36. The first-order chi connectivity index (χ1) is 13.6. The van der Waals surface area contributed by atoms with Gasteiger partial charge in [-0.2, -0.15) is 0 Å². The Labute approximate surface area is 162 Å². The van der Waals surface area contributed by atoms with Gasteiger partial charge in [0.05, 0.1) is 24.2 Å². The number of ether oxygens (including phenoxy) is 1. The van der Waals surface area contributed by atoms with Crippen molar-refractivity contribution in [2.24, 2.45) is 0 Å². The number of hydrogen-bond donors (Lipinski definition) is 0. The Morgan fingerprint density at radius 3 is 2.54 bits per heavy atom. The van der Waals surface area contributed by atoms with E-state index in [-0.39, 0.29) is 6.54 Å². The van der Waals surface area contributed by atoms with E-state index >= 15 is 0 Å². The van der Waals surface area contributed by atoms with Gasteiger partial charge in [-0.1, -0.05) is 24.3 Å². The summed E-state index contributed by atoms with van der Waals surface area (Å²) in [4.78, 5) is 4.81. The predicted molar refractivity (Wildman–Crippen MR) is 106 cm³/mol. The number of methoxy groups -OCH3 is 1. The van der Waals surface area contributed by atoms with Crippen molar-refractivity contribution in [3.05, 3.63) is 72.6 Å². The Morgan fingerprint density at radius 2 is 1.79 bits per heavy atom. The normalized spacial score (nSPS) is 14.5. The van der Waals surface area contributed by atoms with Crippen LogP contribution in [0, 0.1) is 0 Å². The number of nitrogens with zero attached hydrogens (tertiary/aromatic N) is 2. The molecule has 0 N–H and O–H groups in total. The minimum Gasteiger partial charge on any atom is -0.497 e. The van der Waals surface area contributed by atoms with E-state index in [1.807, 2.05) is 48.5 Å². The van der Waals surface area contributed by atoms with Crippen LogP contribution in [-0.2, 0) is 16.6 Å². The number of benzene rings is 3. The van der Waals surface area contributed by atoms with Crippen molar-refractivity contribution in [3.8, 4) is 17.2 Å². The average Bonchev–Trinajstić information content (AvgIpc) is 3.27. The summed E-state index contributed by atoms with van der Waals surface area (Å²) in [6.45, 7) is 0.107. The molecule has 7 heteroatoms. The molecule has 6 nitrogen and oxygen atoms in total. The Hall–Kier alpha value is -3.32. The molecule has 1 aliphatic rings. The van der Waals surface area contributed by atoms with Gasteiger partial charge in [-0.3, -0.25) is 4.31 Å². The lowest BCUT2D eigenvalue weighted by molar-refractivity contribution is 0.415. The van der Waals surface area contributed by atoms with Crippen LogP contribution in [-0.4, -0.2) is 20.5 Å². The lowest BCUT2D eigenvalue weighted by atomic mass is 10.1. The molecule has 0 amide bonds. The fourth-order valence-electron chi connectivity index (χ4n) is 3.52. The highest BCUT2D eigenvalue weighted by Crippen LogP contribution is 2.42. The molecule has 4 aromatic rings. The molecule has 2 heterocycles. The molecule has 3 aromatic carbocycles. The fourth-order valence-corrected chi connectivity index (χ4v) is 5.20. The monoisotopic (exact) mass is 392 g/mol. The van der Waals surface area contributed by atoms with E-state index in [9.17, 15) is 8.42 Å². The Morgan fingerprint density at radius 1 is 1.04 bits per heavy atom. The van der Waals surface area contributed by atoms with Gasteiger partial charge >= 0.3 is 0 Å². The molecule has 1 aliphatic heterocycles. The van der Waals surface area contributed by atoms with Crippen LogP contribution in [0.15, 0.2) is 76.2 Å². The van der Waals surface area contributed by atoms with Crippen molar-refractivity contribution >= 4 is 26.5 Å². The predicted octanol–water partition coefficient (Wildman–Crippen LogP) is 4.21. The SMILES string of the molecule is COc1ccc(-c2nc(CN3c4cccc5cccc(c45)S3(=O)=O)co2)cc1. The summed E-state index contributed by atoms with van der Waals surface area (Å²) in [7, 11) is -2.02. The third kappa shape index (κ3) is 2.47. The maximum Gasteiger partial charge on any atom is 0.265 e. The molecule has 0 saturated carbocycles. The van der Waals surface area contributed by atoms with E-state index in [0.717, 1.165) is 22.1 Å². The van der Waals surface area contributed by atoms with Crippen LogP contribution in [0.25, 0.3) is 22.2 Å². The molecule has 0 aliphatic carbocycles. The van der Waals surface area contributed by atoms with Crippen molar-refractivity contribution in [1.29, 1.82) is 0 Å². The van der Waals surface area contributed by atoms with Gasteiger partial charge in [0, 0.05) is 10.9 Å². The van der Waals surface area contributed by atoms with E-state index in [1.165, 1.54) is 10.6 Å². The summed E-state index contributed by atoms with van der Waals surface area (Å²) in [5.74, 6) is 1.18. The Bertz CT molecular complexity index is 1290. The van der Waals surface area contributed by atoms with Crippen molar-refractivity contribution in [3.63, 3.8) is 0 Å². The van der Waals surface area contributed by atoms with E-state index in [2.05, 4.69) is 4.98 Å². The van der Waals surface area contributed by atoms with Gasteiger partial charge in [0.25, 0.3) is 10.0 Å². The van der Waals surface area contributed by atoms with Crippen LogP contribution in [0.4, 0.5) is 5.69 Å². The van der Waals surface area contributed by atoms with Crippen molar-refractivity contribution in [2.45, 2.75) is 11.4 Å². The third-order valence-corrected chi connectivity index (χ3v) is 6.68. The minimum absolute atomic E-state index is 0.107. The summed E-state index contributed by atoms with van der Waals surface area (Å²) in [5, 5.41) is 1.66. The molecule has 28 heavy (non-hydrogen) atoms. The van der Waals surface area contributed by atoms with Gasteiger partial charge in [0.15, 0.2) is 0 Å². The van der Waals surface area contributed by atoms with Gasteiger partial charge in [-0.15, -0.1) is 0 Å². The van der Waals surface area contributed by atoms with Crippen molar-refractivity contribution in [1.82, 2.24) is 4.98 Å². The molecule has 0 saturated heterocycles. The second-order valence-corrected chi connectivity index (χ2v) is 8.35. The largest absolute Gasteiger partial charge is 0.497 e. The maximum atomic E-state index is 13.1. The highest BCUT2D eigenvalue weighted by molar-refractivity contribution is 7.93. The van der Waals surface area contributed by atoms with Crippen molar-refractivity contribution < 1.29 is 17.6 Å². The zero-order chi connectivity index (χ0) is 19.3. The molecule has 0 fully saturated rings. The van der Waals surface area contributed by atoms with E-state index in [1.54, 1.807) is 19.2 Å². The third-order valence-electron chi connectivity index (χ3n) is 4.88. The fraction of sp³-hybridized carbons (Fsp3) is 0.0952. The van der Waals surface area contributed by atoms with Gasteiger partial charge in [0.1, 0.15) is 17.7 Å². The maximum absolute atomic E-state index is 13.1. The summed E-state index contributed by atoms with van der Waals surface area (Å²) in [6, 6.07) is 18.3. The number of aromatic nitrogens is 1. The average molecular weight is 392 g/mol. The van der Waals surface area contributed by atoms with Crippen LogP contribution < -0.4 is 9.04 Å². The molecule has 0 atom stereocenters. The molecule has 0 unspecified atom stereocenters. The van der Waals surface area contributed by atoms with E-state index < -0.39 is 10.0 Å². The van der Waals surface area contributed by atoms with Crippen LogP contribution >= 0.6 is 0 Å². The quantitative estimate of drug-likeness (QED) is 0.520. The number of sulfonamides is 1. The van der Waals surface area contributed by atoms with Gasteiger partial charge in [0.2, 0.25) is 5.89 Å². The number of anilines is 1. The van der Waals surface area contributed by atoms with Crippen LogP contribution in [0.1, 0.15) is 5.69 Å². The second-order valence-electron chi connectivity index (χ2n) is 6.52. The smallest absolute Gasteiger partial charge is 0.265 e. The van der Waals surface area contributed by atoms with Gasteiger partial charge < -0.3 is 9.15 Å². The zero-order valence-electron chi connectivity index (χ0n) is 15.0. The summed E-state index contributed by atoms with van der Waals surface area (Å²) < 4.78 is 38.3. The summed E-state index contributed by atoms with van der Waals surface area (Å²) in [5.41, 5.74) is 2.00. The van der Waals surface area contributed by atoms with Gasteiger partial charge in [-0.05, 0) is 41.8 Å². The van der Waals surface area contributed by atoms with E-state index in [0.29, 0.717) is 22.2 Å². The van der Waals surface area contributed by atoms with Gasteiger partial charge in [-0.25, -0.2) is 13.4 Å². The first-order valence-corrected chi connectivity index (χ1v) is 10.2. The highest BCUT2D eigenvalue weighted by atomic mass is 32.2. The molecule has 140 valence electrons. The zero-order valence-corrected chi connectivity index (χ0v) is 15.8. The number of hydrogen-bond acceptors (Lipinski definition) is 5. The standard InChI is InChI=1S/C21H16N2O4S/c1-26-17-10-8-15(9-11-17)21-22-16(13-27-21)12-23-18-6-2-4-14-5-3-7-19(20(14)18)28(23,24)25/h2-11,13H,12H2,1H3. The minimum atomic E-state index is -3.63. The molecule has 0 spiro atoms. The first-order valence-electron chi connectivity index (χ1n) is 8.71. The van der Waals surface area contributed by atoms with Crippen LogP contribution in [0.3, 0.4) is 0 Å². The first kappa shape index (κ1) is 16.8. The topological polar surface area (TPSA) is 72.6 Å². The molecule has 0 radical (unpaired) electrons. The van der Waals surface area contributed by atoms with Crippen LogP contribution in [0.5, 0.6) is 5.75 Å². The van der Waals surface area contributed by atoms with Crippen LogP contribution in [0.2, 0.25) is 0 Å². The Balaban J connectivity index is 1.50. The lowest BCUT2D eigenvalue weighted by Crippen LogP contribution is -2.26. The molecule has 0 bridgehead atoms. The Kier molecular flexibility index (Phi) is 3.67.